The molecule has 13 heavy (non-hydrogen) atoms. The molecule has 0 bridgehead atoms. The van der Waals surface area contributed by atoms with E-state index in [0.717, 1.165) is 16.7 Å². The molecule has 2 aromatic heterocycles. The van der Waals surface area contributed by atoms with Crippen LogP contribution < -0.4 is 0 Å². The Kier molecular flexibility index (Phi) is 2.11. The number of fused-ring (bicyclic) bond motifs is 1. The van der Waals surface area contributed by atoms with E-state index in [2.05, 4.69) is 26.6 Å². The first-order valence-corrected chi connectivity index (χ1v) is 4.32. The fraction of sp³-hybridized carbons (Fsp3) is 0. The van der Waals surface area contributed by atoms with Crippen molar-refractivity contribution < 1.29 is 19.4 Å². The van der Waals surface area contributed by atoms with Gasteiger partial charge in [-0.15, -0.1) is 0 Å². The van der Waals surface area contributed by atoms with Gasteiger partial charge in [-0.2, -0.15) is 0 Å². The van der Waals surface area contributed by atoms with Gasteiger partial charge in [0.1, 0.15) is 0 Å². The van der Waals surface area contributed by atoms with Crippen molar-refractivity contribution in [1.82, 2.24) is 4.98 Å². The summed E-state index contributed by atoms with van der Waals surface area (Å²) >= 11 is 4.47. The quantitative estimate of drug-likeness (QED) is 0.719. The molecule has 0 atom stereocenters. The molecular weight excluding hydrogens is 209 g/mol. The first-order valence-electron chi connectivity index (χ1n) is 3.75. The van der Waals surface area contributed by atoms with Gasteiger partial charge in [0, 0.05) is 0 Å². The maximum atomic E-state index is 5.47. The van der Waals surface area contributed by atoms with Crippen LogP contribution in [0.2, 0.25) is 0 Å². The van der Waals surface area contributed by atoms with E-state index in [0.29, 0.717) is 5.76 Å². The Morgan fingerprint density at radius 1 is 1.62 bits per heavy atom. The normalized spacial score (nSPS) is 10.3. The predicted molar refractivity (Wildman–Crippen MR) is 49.1 cm³/mol. The van der Waals surface area contributed by atoms with E-state index in [1.54, 1.807) is 6.20 Å². The first-order chi connectivity index (χ1) is 6.31. The Balaban J connectivity index is 2.62. The Morgan fingerprint density at radius 2 is 2.46 bits per heavy atom. The second kappa shape index (κ2) is 3.27. The molecule has 0 radical (unpaired) electrons. The molecule has 0 aromatic carbocycles. The Bertz CT molecular complexity index is 439. The molecule has 2 aromatic rings. The Labute approximate surface area is 83.2 Å². The summed E-state index contributed by atoms with van der Waals surface area (Å²) < 4.78 is 5.47. The number of nitrogens with zero attached hydrogens (tertiary/aromatic N) is 1. The van der Waals surface area contributed by atoms with Crippen LogP contribution in [0.5, 0.6) is 0 Å². The van der Waals surface area contributed by atoms with Crippen LogP contribution in [-0.2, 0) is 15.0 Å². The van der Waals surface area contributed by atoms with Gasteiger partial charge in [0.25, 0.3) is 0 Å². The summed E-state index contributed by atoms with van der Waals surface area (Å²) in [5, 5.41) is 0. The minimum atomic E-state index is 0.694. The monoisotopic (exact) mass is 215 g/mol. The molecule has 3 heteroatoms. The number of aromatic nitrogens is 1. The number of furan rings is 1. The number of rotatable bonds is 2. The molecule has 0 saturated heterocycles. The molecule has 0 spiro atoms. The van der Waals surface area contributed by atoms with E-state index in [4.69, 9.17) is 4.42 Å². The van der Waals surface area contributed by atoms with E-state index in [1.165, 1.54) is 4.99 Å². The summed E-state index contributed by atoms with van der Waals surface area (Å²) in [6.07, 6.45) is 1.73. The zero-order valence-electron chi connectivity index (χ0n) is 6.77. The van der Waals surface area contributed by atoms with E-state index < -0.39 is 0 Å². The van der Waals surface area contributed by atoms with Crippen molar-refractivity contribution in [3.8, 4) is 0 Å². The van der Waals surface area contributed by atoms with Crippen LogP contribution >= 0.6 is 0 Å². The number of pyridine rings is 1. The van der Waals surface area contributed by atoms with Gasteiger partial charge in [0.2, 0.25) is 0 Å². The van der Waals surface area contributed by atoms with E-state index in [-0.39, 0.29) is 0 Å². The van der Waals surface area contributed by atoms with Gasteiger partial charge in [0.05, 0.1) is 0 Å². The minimum absolute atomic E-state index is 0.694. The maximum absolute atomic E-state index is 5.47. The molecule has 0 aliphatic heterocycles. The van der Waals surface area contributed by atoms with Gasteiger partial charge in [-0.05, 0) is 0 Å². The second-order valence-corrected chi connectivity index (χ2v) is 2.90. The van der Waals surface area contributed by atoms with E-state index in [1.807, 2.05) is 18.2 Å². The molecule has 0 aliphatic carbocycles. The van der Waals surface area contributed by atoms with Crippen LogP contribution in [0, 0.1) is 0 Å². The Hall–Kier alpha value is -1.21. The average molecular weight is 216 g/mol. The van der Waals surface area contributed by atoms with E-state index >= 15 is 0 Å². The van der Waals surface area contributed by atoms with Crippen LogP contribution in [-0.4, -0.2) is 9.98 Å². The van der Waals surface area contributed by atoms with Gasteiger partial charge >= 0.3 is 82.8 Å². The zero-order valence-corrected chi connectivity index (χ0v) is 7.75. The molecule has 0 unspecified atom stereocenters. The Morgan fingerprint density at radius 3 is 3.15 bits per heavy atom. The predicted octanol–water partition coefficient (Wildman–Crippen LogP) is 2.19. The molecule has 0 aliphatic rings. The first kappa shape index (κ1) is 8.39. The molecule has 0 saturated carbocycles. The van der Waals surface area contributed by atoms with Crippen LogP contribution in [0.1, 0.15) is 5.76 Å². The van der Waals surface area contributed by atoms with Crippen LogP contribution in [0.15, 0.2) is 35.4 Å². The summed E-state index contributed by atoms with van der Waals surface area (Å²) in [7, 11) is 0. The SMILES string of the molecule is C=C([CH]=[Ni])c1cc2ncccc2o1. The van der Waals surface area contributed by atoms with Gasteiger partial charge in [-0.3, -0.25) is 0 Å². The molecular formula is C10H7NNiO. The van der Waals surface area contributed by atoms with Gasteiger partial charge in [0.15, 0.2) is 0 Å². The number of hydrogen-bond donors (Lipinski definition) is 0. The van der Waals surface area contributed by atoms with Crippen molar-refractivity contribution in [1.29, 1.82) is 0 Å². The second-order valence-electron chi connectivity index (χ2n) is 2.61. The standard InChI is InChI=1S/C10H7NO.Ni/c1-7(2)10-6-8-9(12-10)4-3-5-11-8;/h1,3-6H,2H2;. The number of hydrogen-bond acceptors (Lipinski definition) is 2. The number of allylic oxidation sites excluding steroid dienone is 1. The van der Waals surface area contributed by atoms with Crippen LogP contribution in [0.4, 0.5) is 0 Å². The van der Waals surface area contributed by atoms with Gasteiger partial charge in [-0.1, -0.05) is 0 Å². The average Bonchev–Trinajstić information content (AvgIpc) is 2.59. The van der Waals surface area contributed by atoms with Gasteiger partial charge in [-0.25, -0.2) is 0 Å². The summed E-state index contributed by atoms with van der Waals surface area (Å²) in [6.45, 7) is 3.77. The molecule has 2 nitrogen and oxygen atoms in total. The third-order valence-electron chi connectivity index (χ3n) is 1.71. The van der Waals surface area contributed by atoms with Gasteiger partial charge < -0.3 is 0 Å². The fourth-order valence-electron chi connectivity index (χ4n) is 1.07. The van der Waals surface area contributed by atoms with Crippen molar-refractivity contribution >= 4 is 21.7 Å². The molecule has 0 fully saturated rings. The summed E-state index contributed by atoms with van der Waals surface area (Å²) in [6, 6.07) is 5.54. The fourth-order valence-corrected chi connectivity index (χ4v) is 1.21. The van der Waals surface area contributed by atoms with Crippen molar-refractivity contribution in [2.75, 3.05) is 0 Å². The van der Waals surface area contributed by atoms with Crippen molar-refractivity contribution in [3.63, 3.8) is 0 Å². The molecule has 2 heterocycles. The third kappa shape index (κ3) is 1.47. The zero-order chi connectivity index (χ0) is 9.26. The summed E-state index contributed by atoms with van der Waals surface area (Å²) in [4.78, 5) is 5.68. The third-order valence-corrected chi connectivity index (χ3v) is 2.06. The molecule has 0 N–H and O–H groups in total. The topological polar surface area (TPSA) is 26.0 Å². The van der Waals surface area contributed by atoms with Crippen molar-refractivity contribution in [2.24, 2.45) is 0 Å². The molecule has 2 rings (SSSR count). The van der Waals surface area contributed by atoms with Crippen LogP contribution in [0.3, 0.4) is 0 Å². The molecule has 0 amide bonds. The molecule has 68 valence electrons. The summed E-state index contributed by atoms with van der Waals surface area (Å²) in [5.74, 6) is 0.694. The summed E-state index contributed by atoms with van der Waals surface area (Å²) in [5.41, 5.74) is 2.32. The van der Waals surface area contributed by atoms with Crippen molar-refractivity contribution in [2.45, 2.75) is 0 Å². The van der Waals surface area contributed by atoms with Crippen molar-refractivity contribution in [3.05, 3.63) is 36.7 Å². The van der Waals surface area contributed by atoms with Crippen LogP contribution in [0.25, 0.3) is 16.7 Å². The van der Waals surface area contributed by atoms with E-state index in [9.17, 15) is 0 Å².